The number of hydrogen-bond acceptors (Lipinski definition) is 3. The van der Waals surface area contributed by atoms with Gasteiger partial charge < -0.3 is 15.0 Å². The van der Waals surface area contributed by atoms with Gasteiger partial charge in [-0.05, 0) is 46.2 Å². The molecule has 0 saturated carbocycles. The Morgan fingerprint density at radius 3 is 2.69 bits per heavy atom. The van der Waals surface area contributed by atoms with E-state index >= 15 is 0 Å². The van der Waals surface area contributed by atoms with Crippen molar-refractivity contribution in [2.24, 2.45) is 0 Å². The second-order valence-electron chi connectivity index (χ2n) is 5.40. The van der Waals surface area contributed by atoms with Gasteiger partial charge in [0, 0.05) is 26.2 Å². The van der Waals surface area contributed by atoms with Gasteiger partial charge in [-0.2, -0.15) is 0 Å². The molecule has 1 aliphatic heterocycles. The van der Waals surface area contributed by atoms with Crippen molar-refractivity contribution in [1.82, 2.24) is 10.2 Å². The molecular formula is C13H28N2O. The van der Waals surface area contributed by atoms with Gasteiger partial charge in [-0.25, -0.2) is 0 Å². The van der Waals surface area contributed by atoms with Crippen molar-refractivity contribution in [1.29, 1.82) is 0 Å². The van der Waals surface area contributed by atoms with E-state index in [1.54, 1.807) is 7.11 Å². The van der Waals surface area contributed by atoms with Crippen molar-refractivity contribution in [3.8, 4) is 0 Å². The predicted octanol–water partition coefficient (Wildman–Crippen LogP) is 1.88. The Morgan fingerprint density at radius 2 is 2.19 bits per heavy atom. The van der Waals surface area contributed by atoms with Gasteiger partial charge in [0.1, 0.15) is 0 Å². The molecule has 0 aromatic rings. The third kappa shape index (κ3) is 4.81. The summed E-state index contributed by atoms with van der Waals surface area (Å²) in [5.74, 6) is 0. The summed E-state index contributed by atoms with van der Waals surface area (Å²) in [6, 6.07) is 0.714. The fraction of sp³-hybridized carbons (Fsp3) is 1.00. The first-order valence-electron chi connectivity index (χ1n) is 6.58. The molecule has 1 atom stereocenters. The van der Waals surface area contributed by atoms with Crippen molar-refractivity contribution in [2.45, 2.75) is 51.7 Å². The molecule has 0 bridgehead atoms. The molecule has 0 spiro atoms. The predicted molar refractivity (Wildman–Crippen MR) is 68.8 cm³/mol. The number of likely N-dealkylation sites (N-methyl/N-ethyl adjacent to an activating group) is 1. The van der Waals surface area contributed by atoms with E-state index in [1.807, 2.05) is 0 Å². The molecule has 16 heavy (non-hydrogen) atoms. The topological polar surface area (TPSA) is 24.5 Å². The van der Waals surface area contributed by atoms with Crippen LogP contribution in [0.4, 0.5) is 0 Å². The summed E-state index contributed by atoms with van der Waals surface area (Å²) in [5, 5.41) is 3.56. The zero-order chi connectivity index (χ0) is 12.0. The molecular weight excluding hydrogens is 200 g/mol. The molecule has 1 aliphatic rings. The summed E-state index contributed by atoms with van der Waals surface area (Å²) in [4.78, 5) is 2.53. The molecule has 3 nitrogen and oxygen atoms in total. The quantitative estimate of drug-likeness (QED) is 0.720. The lowest BCUT2D eigenvalue weighted by Gasteiger charge is -2.29. The summed E-state index contributed by atoms with van der Waals surface area (Å²) in [6.07, 6.45) is 3.78. The molecule has 1 fully saturated rings. The summed E-state index contributed by atoms with van der Waals surface area (Å²) < 4.78 is 5.46. The lowest BCUT2D eigenvalue weighted by molar-refractivity contribution is 0.00728. The Bertz CT molecular complexity index is 188. The molecule has 1 unspecified atom stereocenters. The second-order valence-corrected chi connectivity index (χ2v) is 5.40. The van der Waals surface area contributed by atoms with Gasteiger partial charge in [0.25, 0.3) is 0 Å². The van der Waals surface area contributed by atoms with Crippen LogP contribution in [0.5, 0.6) is 0 Å². The van der Waals surface area contributed by atoms with Crippen molar-refractivity contribution in [2.75, 3.05) is 33.3 Å². The Labute approximate surface area is 101 Å². The fourth-order valence-electron chi connectivity index (χ4n) is 2.13. The van der Waals surface area contributed by atoms with Crippen LogP contribution in [0.2, 0.25) is 0 Å². The van der Waals surface area contributed by atoms with E-state index in [9.17, 15) is 0 Å². The van der Waals surface area contributed by atoms with Crippen LogP contribution in [0.1, 0.15) is 40.0 Å². The Kier molecular flexibility index (Phi) is 5.73. The molecule has 0 radical (unpaired) electrons. The Hall–Kier alpha value is -0.120. The highest BCUT2D eigenvalue weighted by Crippen LogP contribution is 2.14. The molecule has 0 aliphatic carbocycles. The number of nitrogens with one attached hydrogen (secondary N) is 1. The van der Waals surface area contributed by atoms with E-state index in [0.717, 1.165) is 19.5 Å². The monoisotopic (exact) mass is 228 g/mol. The van der Waals surface area contributed by atoms with Crippen molar-refractivity contribution in [3.63, 3.8) is 0 Å². The van der Waals surface area contributed by atoms with Crippen LogP contribution < -0.4 is 5.32 Å². The van der Waals surface area contributed by atoms with Crippen molar-refractivity contribution < 1.29 is 4.74 Å². The summed E-state index contributed by atoms with van der Waals surface area (Å²) >= 11 is 0. The van der Waals surface area contributed by atoms with Gasteiger partial charge >= 0.3 is 0 Å². The average Bonchev–Trinajstić information content (AvgIpc) is 2.77. The lowest BCUT2D eigenvalue weighted by Crippen LogP contribution is -2.40. The van der Waals surface area contributed by atoms with E-state index < -0.39 is 0 Å². The third-order valence-corrected chi connectivity index (χ3v) is 3.67. The molecule has 1 N–H and O–H groups in total. The summed E-state index contributed by atoms with van der Waals surface area (Å²) in [7, 11) is 1.80. The first-order valence-corrected chi connectivity index (χ1v) is 6.58. The smallest absolute Gasteiger partial charge is 0.0634 e. The van der Waals surface area contributed by atoms with E-state index in [4.69, 9.17) is 4.74 Å². The minimum Gasteiger partial charge on any atom is -0.379 e. The van der Waals surface area contributed by atoms with Crippen LogP contribution in [0.3, 0.4) is 0 Å². The average molecular weight is 228 g/mol. The first kappa shape index (κ1) is 13.9. The molecule has 1 heterocycles. The Morgan fingerprint density at radius 1 is 1.44 bits per heavy atom. The highest BCUT2D eigenvalue weighted by Gasteiger charge is 2.20. The van der Waals surface area contributed by atoms with Crippen LogP contribution in [0.25, 0.3) is 0 Å². The van der Waals surface area contributed by atoms with Crippen LogP contribution in [0, 0.1) is 0 Å². The van der Waals surface area contributed by atoms with E-state index in [0.29, 0.717) is 6.04 Å². The zero-order valence-electron chi connectivity index (χ0n) is 11.4. The van der Waals surface area contributed by atoms with Crippen LogP contribution in [-0.2, 0) is 4.74 Å². The van der Waals surface area contributed by atoms with Gasteiger partial charge in [0.2, 0.25) is 0 Å². The van der Waals surface area contributed by atoms with Crippen molar-refractivity contribution in [3.05, 3.63) is 0 Å². The highest BCUT2D eigenvalue weighted by molar-refractivity contribution is 4.79. The maximum absolute atomic E-state index is 5.46. The number of hydrogen-bond donors (Lipinski definition) is 1. The van der Waals surface area contributed by atoms with E-state index in [-0.39, 0.29) is 5.60 Å². The lowest BCUT2D eigenvalue weighted by atomic mass is 10.0. The van der Waals surface area contributed by atoms with Crippen LogP contribution in [0.15, 0.2) is 0 Å². The molecule has 1 rings (SSSR count). The van der Waals surface area contributed by atoms with Crippen LogP contribution in [-0.4, -0.2) is 49.8 Å². The summed E-state index contributed by atoms with van der Waals surface area (Å²) in [5.41, 5.74) is 0.0104. The maximum Gasteiger partial charge on any atom is 0.0634 e. The molecule has 96 valence electrons. The fourth-order valence-corrected chi connectivity index (χ4v) is 2.13. The third-order valence-electron chi connectivity index (χ3n) is 3.67. The number of methoxy groups -OCH3 is 1. The van der Waals surface area contributed by atoms with Gasteiger partial charge in [-0.15, -0.1) is 0 Å². The van der Waals surface area contributed by atoms with Gasteiger partial charge in [0.05, 0.1) is 5.60 Å². The molecule has 0 aromatic heterocycles. The molecule has 0 aromatic carbocycles. The number of ether oxygens (including phenoxy) is 1. The van der Waals surface area contributed by atoms with Crippen LogP contribution >= 0.6 is 0 Å². The van der Waals surface area contributed by atoms with Gasteiger partial charge in [-0.1, -0.05) is 6.92 Å². The maximum atomic E-state index is 5.46. The zero-order valence-corrected chi connectivity index (χ0v) is 11.4. The van der Waals surface area contributed by atoms with Gasteiger partial charge in [0.15, 0.2) is 0 Å². The molecule has 3 heteroatoms. The normalized spacial score (nSPS) is 21.9. The number of rotatable bonds is 7. The highest BCUT2D eigenvalue weighted by atomic mass is 16.5. The van der Waals surface area contributed by atoms with Gasteiger partial charge in [-0.3, -0.25) is 0 Å². The largest absolute Gasteiger partial charge is 0.379 e. The van der Waals surface area contributed by atoms with Crippen molar-refractivity contribution >= 4 is 0 Å². The molecule has 0 amide bonds. The molecule has 1 saturated heterocycles. The van der Waals surface area contributed by atoms with E-state index in [2.05, 4.69) is 31.0 Å². The summed E-state index contributed by atoms with van der Waals surface area (Å²) in [6.45, 7) is 11.2. The minimum absolute atomic E-state index is 0.0104. The Balaban J connectivity index is 2.25. The first-order chi connectivity index (χ1) is 7.57. The van der Waals surface area contributed by atoms with E-state index in [1.165, 1.54) is 25.9 Å². The minimum atomic E-state index is 0.0104. The standard InChI is InChI=1S/C13H28N2O/c1-5-15(10-8-13(2,3)16-4)11-12-7-6-9-14-12/h12,14H,5-11H2,1-4H3. The second kappa shape index (κ2) is 6.58. The number of nitrogens with zero attached hydrogens (tertiary/aromatic N) is 1. The SMILES string of the molecule is CCN(CCC(C)(C)OC)CC1CCCN1.